The smallest absolute Gasteiger partial charge is 0.0807 e. The van der Waals surface area contributed by atoms with E-state index in [4.69, 9.17) is 6.42 Å². The summed E-state index contributed by atoms with van der Waals surface area (Å²) in [5, 5.41) is 9.82. The van der Waals surface area contributed by atoms with Crippen molar-refractivity contribution in [2.45, 2.75) is 32.3 Å². The molecule has 74 valence electrons. The summed E-state index contributed by atoms with van der Waals surface area (Å²) in [6.45, 7) is 1.90. The van der Waals surface area contributed by atoms with Gasteiger partial charge < -0.3 is 5.11 Å². The number of aliphatic hydroxyl groups excluding tert-OH is 1. The molecule has 0 saturated carbocycles. The Balaban J connectivity index is 2.57. The van der Waals surface area contributed by atoms with Crippen molar-refractivity contribution in [1.29, 1.82) is 0 Å². The van der Waals surface area contributed by atoms with Gasteiger partial charge in [-0.15, -0.1) is 12.3 Å². The van der Waals surface area contributed by atoms with Gasteiger partial charge in [-0.1, -0.05) is 6.07 Å². The Labute approximate surface area is 85.0 Å². The number of nitrogens with zero attached hydrogens (tertiary/aromatic N) is 1. The second-order valence-corrected chi connectivity index (χ2v) is 3.29. The zero-order valence-corrected chi connectivity index (χ0v) is 8.40. The number of hydrogen-bond acceptors (Lipinski definition) is 2. The average molecular weight is 189 g/mol. The third-order valence-electron chi connectivity index (χ3n) is 2.21. The fourth-order valence-corrected chi connectivity index (χ4v) is 1.40. The van der Waals surface area contributed by atoms with Crippen molar-refractivity contribution in [2.75, 3.05) is 0 Å². The first kappa shape index (κ1) is 10.7. The van der Waals surface area contributed by atoms with Crippen LogP contribution in [0.25, 0.3) is 0 Å². The Morgan fingerprint density at radius 3 is 3.07 bits per heavy atom. The van der Waals surface area contributed by atoms with Gasteiger partial charge in [0.25, 0.3) is 0 Å². The van der Waals surface area contributed by atoms with Gasteiger partial charge in [-0.25, -0.2) is 0 Å². The summed E-state index contributed by atoms with van der Waals surface area (Å²) in [5.74, 6) is 2.56. The van der Waals surface area contributed by atoms with Crippen molar-refractivity contribution in [1.82, 2.24) is 4.98 Å². The van der Waals surface area contributed by atoms with Crippen molar-refractivity contribution in [2.24, 2.45) is 0 Å². The zero-order chi connectivity index (χ0) is 10.4. The molecule has 0 aliphatic heterocycles. The summed E-state index contributed by atoms with van der Waals surface area (Å²) in [4.78, 5) is 4.13. The minimum atomic E-state index is -0.433. The van der Waals surface area contributed by atoms with E-state index in [2.05, 4.69) is 10.9 Å². The third-order valence-corrected chi connectivity index (χ3v) is 2.21. The van der Waals surface area contributed by atoms with Gasteiger partial charge in [0.15, 0.2) is 0 Å². The Morgan fingerprint density at radius 1 is 1.64 bits per heavy atom. The third kappa shape index (κ3) is 2.86. The lowest BCUT2D eigenvalue weighted by Gasteiger charge is -2.11. The van der Waals surface area contributed by atoms with Crippen LogP contribution >= 0.6 is 0 Å². The van der Waals surface area contributed by atoms with Crippen molar-refractivity contribution in [3.8, 4) is 12.3 Å². The maximum atomic E-state index is 9.82. The summed E-state index contributed by atoms with van der Waals surface area (Å²) in [5.41, 5.74) is 1.80. The van der Waals surface area contributed by atoms with Crippen molar-refractivity contribution < 1.29 is 5.11 Å². The fourth-order valence-electron chi connectivity index (χ4n) is 1.40. The molecule has 0 radical (unpaired) electrons. The Hall–Kier alpha value is -1.33. The molecule has 2 heteroatoms. The molecule has 1 heterocycles. The number of aryl methyl sites for hydroxylation is 1. The number of rotatable bonds is 4. The summed E-state index contributed by atoms with van der Waals surface area (Å²) in [7, 11) is 0. The summed E-state index contributed by atoms with van der Waals surface area (Å²) in [6.07, 6.45) is 8.71. The second kappa shape index (κ2) is 5.41. The highest BCUT2D eigenvalue weighted by Crippen LogP contribution is 2.20. The molecule has 1 atom stereocenters. The molecule has 1 rings (SSSR count). The molecule has 0 amide bonds. The van der Waals surface area contributed by atoms with E-state index in [1.54, 1.807) is 6.20 Å². The molecule has 0 aromatic carbocycles. The minimum Gasteiger partial charge on any atom is -0.388 e. The molecule has 0 fully saturated rings. The van der Waals surface area contributed by atoms with Gasteiger partial charge in [-0.3, -0.25) is 4.98 Å². The molecule has 1 aromatic heterocycles. The molecule has 14 heavy (non-hydrogen) atoms. The monoisotopic (exact) mass is 189 g/mol. The predicted octanol–water partition coefficient (Wildman–Crippen LogP) is 2.23. The lowest BCUT2D eigenvalue weighted by molar-refractivity contribution is 0.164. The molecule has 2 nitrogen and oxygen atoms in total. The normalized spacial score (nSPS) is 12.1. The molecule has 1 aromatic rings. The number of terminal acetylenes is 1. The number of unbranched alkanes of at least 4 members (excludes halogenated alkanes) is 1. The standard InChI is InChI=1S/C12H15NO/c1-3-4-5-8-12(14)11-7-6-9-13-10(11)2/h1,6-7,9,12,14H,4-5,8H2,2H3. The van der Waals surface area contributed by atoms with Gasteiger partial charge in [0, 0.05) is 23.9 Å². The maximum Gasteiger partial charge on any atom is 0.0807 e. The molecule has 0 bridgehead atoms. The first-order valence-electron chi connectivity index (χ1n) is 4.78. The van der Waals surface area contributed by atoms with E-state index >= 15 is 0 Å². The van der Waals surface area contributed by atoms with E-state index in [1.807, 2.05) is 19.1 Å². The van der Waals surface area contributed by atoms with E-state index in [0.717, 1.165) is 24.1 Å². The quantitative estimate of drug-likeness (QED) is 0.582. The molecule has 0 aliphatic carbocycles. The first-order chi connectivity index (χ1) is 6.75. The molecule has 1 N–H and O–H groups in total. The Morgan fingerprint density at radius 2 is 2.43 bits per heavy atom. The van der Waals surface area contributed by atoms with Crippen molar-refractivity contribution in [3.63, 3.8) is 0 Å². The highest BCUT2D eigenvalue weighted by Gasteiger charge is 2.09. The van der Waals surface area contributed by atoms with Crippen LogP contribution in [-0.2, 0) is 0 Å². The second-order valence-electron chi connectivity index (χ2n) is 3.29. The topological polar surface area (TPSA) is 33.1 Å². The van der Waals surface area contributed by atoms with Crippen molar-refractivity contribution >= 4 is 0 Å². The lowest BCUT2D eigenvalue weighted by Crippen LogP contribution is -2.01. The maximum absolute atomic E-state index is 9.82. The van der Waals surface area contributed by atoms with Gasteiger partial charge in [0.2, 0.25) is 0 Å². The minimum absolute atomic E-state index is 0.433. The van der Waals surface area contributed by atoms with Gasteiger partial charge in [-0.2, -0.15) is 0 Å². The zero-order valence-electron chi connectivity index (χ0n) is 8.40. The van der Waals surface area contributed by atoms with Crippen LogP contribution in [-0.4, -0.2) is 10.1 Å². The van der Waals surface area contributed by atoms with Crippen LogP contribution in [0, 0.1) is 19.3 Å². The van der Waals surface area contributed by atoms with Crippen molar-refractivity contribution in [3.05, 3.63) is 29.6 Å². The number of aliphatic hydroxyl groups is 1. The highest BCUT2D eigenvalue weighted by atomic mass is 16.3. The van der Waals surface area contributed by atoms with Crippen LogP contribution in [0.15, 0.2) is 18.3 Å². The van der Waals surface area contributed by atoms with Gasteiger partial charge in [0.05, 0.1) is 6.10 Å². The molecule has 0 aliphatic rings. The van der Waals surface area contributed by atoms with E-state index in [0.29, 0.717) is 6.42 Å². The predicted molar refractivity (Wildman–Crippen MR) is 56.6 cm³/mol. The Kier molecular flexibility index (Phi) is 4.15. The first-order valence-corrected chi connectivity index (χ1v) is 4.78. The number of aromatic nitrogens is 1. The van der Waals surface area contributed by atoms with E-state index in [-0.39, 0.29) is 0 Å². The van der Waals surface area contributed by atoms with Crippen LogP contribution in [0.2, 0.25) is 0 Å². The van der Waals surface area contributed by atoms with Crippen LogP contribution in [0.4, 0.5) is 0 Å². The molecular weight excluding hydrogens is 174 g/mol. The van der Waals surface area contributed by atoms with Gasteiger partial charge in [0.1, 0.15) is 0 Å². The van der Waals surface area contributed by atoms with E-state index < -0.39 is 6.10 Å². The number of pyridine rings is 1. The largest absolute Gasteiger partial charge is 0.388 e. The van der Waals surface area contributed by atoms with E-state index in [1.165, 1.54) is 0 Å². The fraction of sp³-hybridized carbons (Fsp3) is 0.417. The van der Waals surface area contributed by atoms with Crippen LogP contribution in [0.1, 0.15) is 36.6 Å². The van der Waals surface area contributed by atoms with Gasteiger partial charge in [-0.05, 0) is 25.8 Å². The summed E-state index contributed by atoms with van der Waals surface area (Å²) < 4.78 is 0. The van der Waals surface area contributed by atoms with Gasteiger partial charge >= 0.3 is 0 Å². The highest BCUT2D eigenvalue weighted by molar-refractivity contribution is 5.20. The lowest BCUT2D eigenvalue weighted by atomic mass is 10.0. The van der Waals surface area contributed by atoms with E-state index in [9.17, 15) is 5.11 Å². The molecular formula is C12H15NO. The Bertz CT molecular complexity index is 327. The summed E-state index contributed by atoms with van der Waals surface area (Å²) >= 11 is 0. The van der Waals surface area contributed by atoms with Crippen LogP contribution in [0.3, 0.4) is 0 Å². The molecule has 0 spiro atoms. The van der Waals surface area contributed by atoms with Crippen LogP contribution in [0.5, 0.6) is 0 Å². The SMILES string of the molecule is C#CCCCC(O)c1cccnc1C. The summed E-state index contributed by atoms with van der Waals surface area (Å²) in [6, 6.07) is 3.75. The molecule has 0 saturated heterocycles. The van der Waals surface area contributed by atoms with Crippen LogP contribution < -0.4 is 0 Å². The molecule has 1 unspecified atom stereocenters. The number of hydrogen-bond donors (Lipinski definition) is 1. The average Bonchev–Trinajstić information content (AvgIpc) is 2.18.